The Morgan fingerprint density at radius 3 is 2.55 bits per heavy atom. The lowest BCUT2D eigenvalue weighted by Gasteiger charge is -2.26. The molecule has 0 saturated carbocycles. The Balaban J connectivity index is 1.58. The van der Waals surface area contributed by atoms with Gasteiger partial charge in [-0.3, -0.25) is 0 Å². The first-order valence-corrected chi connectivity index (χ1v) is 11.4. The normalized spacial score (nSPS) is 19.2. The molecule has 5 rings (SSSR count). The number of alkyl halides is 3. The second-order valence-electron chi connectivity index (χ2n) is 8.78. The lowest BCUT2D eigenvalue weighted by molar-refractivity contribution is -0.141. The summed E-state index contributed by atoms with van der Waals surface area (Å²) in [6.45, 7) is 2.05. The predicted octanol–water partition coefficient (Wildman–Crippen LogP) is 7.58. The lowest BCUT2D eigenvalue weighted by atomic mass is 9.80. The SMILES string of the molecule is Cc1ccc(C2CCC(c3nccc(C(F)(F)F)n3)CCc3c2[nH]c2ccc(Cl)cc32)cc1. The number of aryl methyl sites for hydroxylation is 2. The molecule has 1 aliphatic carbocycles. The molecule has 0 saturated heterocycles. The molecule has 2 unspecified atom stereocenters. The molecule has 0 spiro atoms. The average Bonchev–Trinajstić information content (AvgIpc) is 3.11. The molecular weight excluding hydrogens is 447 g/mol. The number of halogens is 4. The fourth-order valence-electron chi connectivity index (χ4n) is 4.90. The Hall–Kier alpha value is -2.86. The third-order valence-corrected chi connectivity index (χ3v) is 6.84. The lowest BCUT2D eigenvalue weighted by Crippen LogP contribution is -2.16. The smallest absolute Gasteiger partial charge is 0.358 e. The number of nitrogens with one attached hydrogen (secondary N) is 1. The van der Waals surface area contributed by atoms with Crippen LogP contribution in [0.2, 0.25) is 5.02 Å². The number of rotatable bonds is 2. The van der Waals surface area contributed by atoms with Crippen molar-refractivity contribution in [2.75, 3.05) is 0 Å². The van der Waals surface area contributed by atoms with Crippen molar-refractivity contribution in [1.29, 1.82) is 0 Å². The van der Waals surface area contributed by atoms with Crippen LogP contribution in [0, 0.1) is 6.92 Å². The van der Waals surface area contributed by atoms with Crippen molar-refractivity contribution < 1.29 is 13.2 Å². The number of benzene rings is 2. The summed E-state index contributed by atoms with van der Waals surface area (Å²) in [5.41, 5.74) is 4.85. The van der Waals surface area contributed by atoms with Crippen LogP contribution >= 0.6 is 11.6 Å². The summed E-state index contributed by atoms with van der Waals surface area (Å²) in [5, 5.41) is 1.73. The van der Waals surface area contributed by atoms with Gasteiger partial charge < -0.3 is 4.98 Å². The van der Waals surface area contributed by atoms with Gasteiger partial charge in [0.05, 0.1) is 0 Å². The van der Waals surface area contributed by atoms with E-state index in [1.54, 1.807) is 0 Å². The van der Waals surface area contributed by atoms with Crippen LogP contribution < -0.4 is 0 Å². The molecule has 3 nitrogen and oxygen atoms in total. The summed E-state index contributed by atoms with van der Waals surface area (Å²) in [4.78, 5) is 11.8. The summed E-state index contributed by atoms with van der Waals surface area (Å²) in [5.74, 6) is 0.215. The number of fused-ring (bicyclic) bond motifs is 3. The van der Waals surface area contributed by atoms with E-state index in [4.69, 9.17) is 11.6 Å². The quantitative estimate of drug-likeness (QED) is 0.328. The summed E-state index contributed by atoms with van der Waals surface area (Å²) >= 11 is 6.31. The molecule has 7 heteroatoms. The maximum atomic E-state index is 13.3. The minimum absolute atomic E-state index is 0.0976. The standard InChI is InChI=1S/C26H23ClF3N3/c1-15-2-4-16(5-3-15)19-9-6-17(25-31-13-12-23(33-25)26(28,29)30)7-10-20-21-14-18(27)8-11-22(21)32-24(19)20/h2-5,8,11-14,17,19,32H,6-7,9-10H2,1H3. The van der Waals surface area contributed by atoms with Crippen LogP contribution in [0.5, 0.6) is 0 Å². The molecule has 0 amide bonds. The maximum absolute atomic E-state index is 13.3. The predicted molar refractivity (Wildman–Crippen MR) is 124 cm³/mol. The Morgan fingerprint density at radius 1 is 1.00 bits per heavy atom. The molecule has 0 radical (unpaired) electrons. The minimum atomic E-state index is -4.48. The van der Waals surface area contributed by atoms with Crippen LogP contribution in [0.3, 0.4) is 0 Å². The zero-order valence-corrected chi connectivity index (χ0v) is 18.8. The molecule has 2 aromatic heterocycles. The summed E-state index contributed by atoms with van der Waals surface area (Å²) in [6, 6.07) is 15.2. The van der Waals surface area contributed by atoms with Gasteiger partial charge in [-0.05, 0) is 68.0 Å². The Labute approximate surface area is 195 Å². The van der Waals surface area contributed by atoms with Gasteiger partial charge in [0.1, 0.15) is 11.5 Å². The first-order chi connectivity index (χ1) is 15.8. The van der Waals surface area contributed by atoms with Crippen molar-refractivity contribution >= 4 is 22.5 Å². The molecule has 0 aliphatic heterocycles. The number of aromatic nitrogens is 3. The highest BCUT2D eigenvalue weighted by Gasteiger charge is 2.34. The fourth-order valence-corrected chi connectivity index (χ4v) is 5.07. The van der Waals surface area contributed by atoms with E-state index in [0.29, 0.717) is 24.3 Å². The molecular formula is C26H23ClF3N3. The van der Waals surface area contributed by atoms with Gasteiger partial charge in [-0.1, -0.05) is 41.4 Å². The van der Waals surface area contributed by atoms with Crippen LogP contribution in [-0.4, -0.2) is 15.0 Å². The topological polar surface area (TPSA) is 41.6 Å². The van der Waals surface area contributed by atoms with Gasteiger partial charge in [0, 0.05) is 39.7 Å². The van der Waals surface area contributed by atoms with Crippen LogP contribution in [0.15, 0.2) is 54.7 Å². The van der Waals surface area contributed by atoms with Crippen LogP contribution in [0.4, 0.5) is 13.2 Å². The maximum Gasteiger partial charge on any atom is 0.433 e. The third kappa shape index (κ3) is 4.36. The van der Waals surface area contributed by atoms with E-state index in [2.05, 4.69) is 46.1 Å². The van der Waals surface area contributed by atoms with E-state index >= 15 is 0 Å². The van der Waals surface area contributed by atoms with Crippen molar-refractivity contribution in [3.05, 3.63) is 93.7 Å². The van der Waals surface area contributed by atoms with E-state index in [0.717, 1.165) is 23.4 Å². The summed E-state index contributed by atoms with van der Waals surface area (Å²) < 4.78 is 39.8. The van der Waals surface area contributed by atoms with Gasteiger partial charge in [0.25, 0.3) is 0 Å². The Morgan fingerprint density at radius 2 is 1.79 bits per heavy atom. The molecule has 0 bridgehead atoms. The van der Waals surface area contributed by atoms with Gasteiger partial charge in [0.15, 0.2) is 0 Å². The highest BCUT2D eigenvalue weighted by Crippen LogP contribution is 2.42. The van der Waals surface area contributed by atoms with E-state index in [9.17, 15) is 13.2 Å². The second-order valence-corrected chi connectivity index (χ2v) is 9.22. The highest BCUT2D eigenvalue weighted by molar-refractivity contribution is 6.31. The van der Waals surface area contributed by atoms with Crippen LogP contribution in [0.1, 0.15) is 65.0 Å². The largest absolute Gasteiger partial charge is 0.433 e. The number of hydrogen-bond acceptors (Lipinski definition) is 2. The molecule has 0 fully saturated rings. The van der Waals surface area contributed by atoms with Crippen LogP contribution in [0.25, 0.3) is 10.9 Å². The zero-order valence-electron chi connectivity index (χ0n) is 18.1. The van der Waals surface area contributed by atoms with E-state index in [1.807, 2.05) is 18.2 Å². The molecule has 2 heterocycles. The van der Waals surface area contributed by atoms with Crippen LogP contribution in [-0.2, 0) is 12.6 Å². The number of hydrogen-bond donors (Lipinski definition) is 1. The minimum Gasteiger partial charge on any atom is -0.358 e. The van der Waals surface area contributed by atoms with E-state index in [-0.39, 0.29) is 17.7 Å². The molecule has 170 valence electrons. The zero-order chi connectivity index (χ0) is 23.2. The molecule has 2 atom stereocenters. The molecule has 33 heavy (non-hydrogen) atoms. The summed E-state index contributed by atoms with van der Waals surface area (Å²) in [6.07, 6.45) is -0.393. The van der Waals surface area contributed by atoms with Gasteiger partial charge >= 0.3 is 6.18 Å². The van der Waals surface area contributed by atoms with Gasteiger partial charge in [-0.25, -0.2) is 9.97 Å². The second kappa shape index (κ2) is 8.49. The molecule has 1 N–H and O–H groups in total. The molecule has 4 aromatic rings. The molecule has 2 aromatic carbocycles. The van der Waals surface area contributed by atoms with E-state index < -0.39 is 11.9 Å². The number of H-pyrrole nitrogens is 1. The fraction of sp³-hybridized carbons (Fsp3) is 0.308. The highest BCUT2D eigenvalue weighted by atomic mass is 35.5. The third-order valence-electron chi connectivity index (χ3n) is 6.61. The number of aromatic amines is 1. The van der Waals surface area contributed by atoms with Crippen molar-refractivity contribution in [3.63, 3.8) is 0 Å². The Kier molecular flexibility index (Phi) is 5.65. The summed E-state index contributed by atoms with van der Waals surface area (Å²) in [7, 11) is 0. The first-order valence-electron chi connectivity index (χ1n) is 11.1. The number of nitrogens with zero attached hydrogens (tertiary/aromatic N) is 2. The van der Waals surface area contributed by atoms with E-state index in [1.165, 1.54) is 28.6 Å². The van der Waals surface area contributed by atoms with Crippen molar-refractivity contribution in [2.45, 2.75) is 50.6 Å². The van der Waals surface area contributed by atoms with Crippen molar-refractivity contribution in [1.82, 2.24) is 15.0 Å². The Bertz CT molecular complexity index is 1290. The van der Waals surface area contributed by atoms with Gasteiger partial charge in [-0.15, -0.1) is 0 Å². The molecule has 1 aliphatic rings. The first kappa shape index (κ1) is 22.0. The van der Waals surface area contributed by atoms with Gasteiger partial charge in [0.2, 0.25) is 0 Å². The van der Waals surface area contributed by atoms with Crippen molar-refractivity contribution in [2.24, 2.45) is 0 Å². The van der Waals surface area contributed by atoms with Crippen molar-refractivity contribution in [3.8, 4) is 0 Å². The monoisotopic (exact) mass is 469 g/mol. The average molecular weight is 470 g/mol. The van der Waals surface area contributed by atoms with Gasteiger partial charge in [-0.2, -0.15) is 13.2 Å².